The Morgan fingerprint density at radius 1 is 0.917 bits per heavy atom. The van der Waals surface area contributed by atoms with Crippen LogP contribution in [0.25, 0.3) is 0 Å². The Morgan fingerprint density at radius 2 is 1.58 bits per heavy atom. The summed E-state index contributed by atoms with van der Waals surface area (Å²) in [7, 11) is 0. The number of benzene rings is 2. The molecule has 0 radical (unpaired) electrons. The van der Waals surface area contributed by atoms with Gasteiger partial charge >= 0.3 is 0 Å². The van der Waals surface area contributed by atoms with E-state index in [0.29, 0.717) is 13.0 Å². The van der Waals surface area contributed by atoms with Gasteiger partial charge in [0, 0.05) is 12.8 Å². The van der Waals surface area contributed by atoms with Crippen LogP contribution in [-0.4, -0.2) is 31.1 Å². The summed E-state index contributed by atoms with van der Waals surface area (Å²) in [6, 6.07) is 19.4. The van der Waals surface area contributed by atoms with Crippen LogP contribution >= 0.6 is 0 Å². The Labute approximate surface area is 141 Å². The van der Waals surface area contributed by atoms with E-state index in [0.717, 1.165) is 17.0 Å². The Hall–Kier alpha value is -2.50. The van der Waals surface area contributed by atoms with Crippen LogP contribution in [0.1, 0.15) is 29.5 Å². The van der Waals surface area contributed by atoms with Gasteiger partial charge < -0.3 is 10.2 Å². The minimum absolute atomic E-state index is 0.262. The molecule has 0 aliphatic carbocycles. The number of rotatable bonds is 7. The van der Waals surface area contributed by atoms with Gasteiger partial charge in [0.15, 0.2) is 5.82 Å². The van der Waals surface area contributed by atoms with E-state index in [1.54, 1.807) is 11.0 Å². The van der Waals surface area contributed by atoms with Gasteiger partial charge in [-0.25, -0.2) is 4.98 Å². The minimum atomic E-state index is -0.688. The molecule has 2 unspecified atom stereocenters. The van der Waals surface area contributed by atoms with Crippen LogP contribution in [0.15, 0.2) is 67.0 Å². The van der Waals surface area contributed by atoms with Gasteiger partial charge in [0.05, 0.1) is 18.8 Å². The molecule has 0 aliphatic heterocycles. The Morgan fingerprint density at radius 3 is 2.29 bits per heavy atom. The third kappa shape index (κ3) is 4.50. The number of nitrogens with zero attached hydrogens (tertiary/aromatic N) is 3. The predicted molar refractivity (Wildman–Crippen MR) is 91.3 cm³/mol. The topological polar surface area (TPSA) is 71.2 Å². The molecular weight excluding hydrogens is 302 g/mol. The summed E-state index contributed by atoms with van der Waals surface area (Å²) in [6.07, 6.45) is 1.17. The lowest BCUT2D eigenvalue weighted by atomic mass is 10.0. The van der Waals surface area contributed by atoms with Gasteiger partial charge in [-0.15, -0.1) is 0 Å². The van der Waals surface area contributed by atoms with Crippen molar-refractivity contribution in [1.29, 1.82) is 0 Å². The molecule has 3 aromatic rings. The highest BCUT2D eigenvalue weighted by molar-refractivity contribution is 5.18. The SMILES string of the molecule is OC(CC(O)c1ccccc1)Cn1cnc(Cc2ccccc2)n1. The van der Waals surface area contributed by atoms with E-state index in [1.807, 2.05) is 60.7 Å². The smallest absolute Gasteiger partial charge is 0.154 e. The first-order valence-electron chi connectivity index (χ1n) is 8.04. The third-order valence-corrected chi connectivity index (χ3v) is 3.87. The molecule has 2 aromatic carbocycles. The number of aliphatic hydroxyl groups is 2. The third-order valence-electron chi connectivity index (χ3n) is 3.87. The zero-order valence-electron chi connectivity index (χ0n) is 13.4. The molecule has 0 bridgehead atoms. The highest BCUT2D eigenvalue weighted by Gasteiger charge is 2.15. The van der Waals surface area contributed by atoms with Crippen LogP contribution in [0.3, 0.4) is 0 Å². The molecule has 0 saturated carbocycles. The number of hydrogen-bond donors (Lipinski definition) is 2. The number of aliphatic hydroxyl groups excluding tert-OH is 2. The van der Waals surface area contributed by atoms with Crippen LogP contribution in [-0.2, 0) is 13.0 Å². The van der Waals surface area contributed by atoms with Crippen LogP contribution in [0.5, 0.6) is 0 Å². The summed E-state index contributed by atoms with van der Waals surface area (Å²) in [5, 5.41) is 24.7. The van der Waals surface area contributed by atoms with Crippen LogP contribution in [0.4, 0.5) is 0 Å². The Bertz CT molecular complexity index is 744. The standard InChI is InChI=1S/C19H21N3O2/c23-17(12-18(24)16-9-5-2-6-10-16)13-22-14-20-19(21-22)11-15-7-3-1-4-8-15/h1-10,14,17-18,23-24H,11-13H2. The van der Waals surface area contributed by atoms with Crippen molar-refractivity contribution in [3.63, 3.8) is 0 Å². The normalized spacial score (nSPS) is 13.6. The molecule has 2 atom stereocenters. The van der Waals surface area contributed by atoms with E-state index in [-0.39, 0.29) is 6.42 Å². The van der Waals surface area contributed by atoms with E-state index in [1.165, 1.54) is 0 Å². The summed E-state index contributed by atoms with van der Waals surface area (Å²) in [5.74, 6) is 0.719. The van der Waals surface area contributed by atoms with Crippen molar-refractivity contribution in [3.05, 3.63) is 83.9 Å². The van der Waals surface area contributed by atoms with E-state index in [9.17, 15) is 10.2 Å². The van der Waals surface area contributed by atoms with Gasteiger partial charge in [-0.2, -0.15) is 5.10 Å². The van der Waals surface area contributed by atoms with E-state index in [2.05, 4.69) is 10.1 Å². The fraction of sp³-hybridized carbons (Fsp3) is 0.263. The summed E-state index contributed by atoms with van der Waals surface area (Å²) in [4.78, 5) is 4.28. The highest BCUT2D eigenvalue weighted by Crippen LogP contribution is 2.18. The van der Waals surface area contributed by atoms with Gasteiger partial charge in [-0.05, 0) is 11.1 Å². The average molecular weight is 323 g/mol. The highest BCUT2D eigenvalue weighted by atomic mass is 16.3. The maximum absolute atomic E-state index is 10.2. The second-order valence-corrected chi connectivity index (χ2v) is 5.86. The molecular formula is C19H21N3O2. The monoisotopic (exact) mass is 323 g/mol. The van der Waals surface area contributed by atoms with Crippen LogP contribution in [0.2, 0.25) is 0 Å². The molecule has 2 N–H and O–H groups in total. The molecule has 5 nitrogen and oxygen atoms in total. The first-order chi connectivity index (χ1) is 11.7. The fourth-order valence-corrected chi connectivity index (χ4v) is 2.64. The number of aromatic nitrogens is 3. The van der Waals surface area contributed by atoms with Gasteiger partial charge in [-0.1, -0.05) is 60.7 Å². The van der Waals surface area contributed by atoms with Gasteiger partial charge in [0.1, 0.15) is 6.33 Å². The molecule has 1 heterocycles. The summed E-state index contributed by atoms with van der Waals surface area (Å²) in [6.45, 7) is 0.311. The maximum Gasteiger partial charge on any atom is 0.154 e. The summed E-state index contributed by atoms with van der Waals surface area (Å²) in [5.41, 5.74) is 1.95. The maximum atomic E-state index is 10.2. The van der Waals surface area contributed by atoms with Crippen molar-refractivity contribution >= 4 is 0 Å². The predicted octanol–water partition coefficient (Wildman–Crippen LogP) is 2.35. The Kier molecular flexibility index (Phi) is 5.36. The first-order valence-corrected chi connectivity index (χ1v) is 8.04. The molecule has 3 rings (SSSR count). The summed E-state index contributed by atoms with van der Waals surface area (Å²) < 4.78 is 1.63. The molecule has 0 saturated heterocycles. The molecule has 1 aromatic heterocycles. The molecule has 24 heavy (non-hydrogen) atoms. The molecule has 0 amide bonds. The second kappa shape index (κ2) is 7.86. The van der Waals surface area contributed by atoms with Gasteiger partial charge in [0.2, 0.25) is 0 Å². The minimum Gasteiger partial charge on any atom is -0.391 e. The molecule has 0 fully saturated rings. The lowest BCUT2D eigenvalue weighted by Gasteiger charge is -2.15. The average Bonchev–Trinajstić information content (AvgIpc) is 3.03. The van der Waals surface area contributed by atoms with Gasteiger partial charge in [0.25, 0.3) is 0 Å². The number of hydrogen-bond acceptors (Lipinski definition) is 4. The molecule has 124 valence electrons. The largest absolute Gasteiger partial charge is 0.391 e. The fourth-order valence-electron chi connectivity index (χ4n) is 2.64. The quantitative estimate of drug-likeness (QED) is 0.700. The van der Waals surface area contributed by atoms with E-state index >= 15 is 0 Å². The van der Waals surface area contributed by atoms with Crippen molar-refractivity contribution < 1.29 is 10.2 Å². The summed E-state index contributed by atoms with van der Waals surface area (Å²) >= 11 is 0. The van der Waals surface area contributed by atoms with E-state index < -0.39 is 12.2 Å². The molecule has 0 spiro atoms. The van der Waals surface area contributed by atoms with Crippen molar-refractivity contribution in [3.8, 4) is 0 Å². The van der Waals surface area contributed by atoms with Crippen molar-refractivity contribution in [2.45, 2.75) is 31.6 Å². The Balaban J connectivity index is 1.54. The lowest BCUT2D eigenvalue weighted by molar-refractivity contribution is 0.0680. The van der Waals surface area contributed by atoms with Crippen LogP contribution < -0.4 is 0 Å². The van der Waals surface area contributed by atoms with Gasteiger partial charge in [-0.3, -0.25) is 4.68 Å². The second-order valence-electron chi connectivity index (χ2n) is 5.86. The molecule has 0 aliphatic rings. The molecule has 5 heteroatoms. The van der Waals surface area contributed by atoms with Crippen LogP contribution in [0, 0.1) is 0 Å². The zero-order valence-corrected chi connectivity index (χ0v) is 13.4. The van der Waals surface area contributed by atoms with Crippen molar-refractivity contribution in [2.24, 2.45) is 0 Å². The first kappa shape index (κ1) is 16.4. The van der Waals surface area contributed by atoms with E-state index in [4.69, 9.17) is 0 Å². The van der Waals surface area contributed by atoms with Crippen molar-refractivity contribution in [2.75, 3.05) is 0 Å². The zero-order chi connectivity index (χ0) is 16.8. The van der Waals surface area contributed by atoms with Crippen molar-refractivity contribution in [1.82, 2.24) is 14.8 Å². The lowest BCUT2D eigenvalue weighted by Crippen LogP contribution is -2.19.